The smallest absolute Gasteiger partial charge is 0.261 e. The summed E-state index contributed by atoms with van der Waals surface area (Å²) in [6.07, 6.45) is 4.83. The molecule has 4 heterocycles. The number of sulfonamides is 1. The van der Waals surface area contributed by atoms with E-state index < -0.39 is 16.1 Å². The van der Waals surface area contributed by atoms with Crippen molar-refractivity contribution in [2.45, 2.75) is 36.9 Å². The molecule has 2 aromatic heterocycles. The van der Waals surface area contributed by atoms with E-state index in [1.807, 2.05) is 11.0 Å². The van der Waals surface area contributed by atoms with Crippen molar-refractivity contribution in [1.82, 2.24) is 18.6 Å². The van der Waals surface area contributed by atoms with E-state index in [1.54, 1.807) is 29.7 Å². The van der Waals surface area contributed by atoms with E-state index in [4.69, 9.17) is 0 Å². The Balaban J connectivity index is 1.77. The second-order valence-corrected chi connectivity index (χ2v) is 7.94. The van der Waals surface area contributed by atoms with Gasteiger partial charge in [-0.2, -0.15) is 4.31 Å². The third kappa shape index (κ3) is 2.08. The molecule has 2 saturated heterocycles. The van der Waals surface area contributed by atoms with Crippen LogP contribution in [0.5, 0.6) is 0 Å². The van der Waals surface area contributed by atoms with Crippen molar-refractivity contribution in [2.75, 3.05) is 13.1 Å². The minimum absolute atomic E-state index is 0.00680. The summed E-state index contributed by atoms with van der Waals surface area (Å²) in [5, 5.41) is 0.110. The summed E-state index contributed by atoms with van der Waals surface area (Å²) in [5.74, 6) is -0.101. The average molecular weight is 334 g/mol. The third-order valence-electron chi connectivity index (χ3n) is 4.80. The predicted molar refractivity (Wildman–Crippen MR) is 83.3 cm³/mol. The van der Waals surface area contributed by atoms with E-state index in [0.717, 1.165) is 19.4 Å². The number of nitrogens with zero attached hydrogens (tertiary/aromatic N) is 4. The first-order valence-electron chi connectivity index (χ1n) is 7.74. The Bertz CT molecular complexity index is 876. The predicted octanol–water partition coefficient (Wildman–Crippen LogP) is 0.718. The zero-order valence-electron chi connectivity index (χ0n) is 12.8. The van der Waals surface area contributed by atoms with Crippen LogP contribution < -0.4 is 0 Å². The SMILES string of the molecule is C[C@@H]1C(=O)N2CCC[C@@H]2CN1S(=O)(=O)c1cnc2ccccn12. The number of hydrogen-bond acceptors (Lipinski definition) is 4. The van der Waals surface area contributed by atoms with Gasteiger partial charge in [-0.05, 0) is 31.9 Å². The number of amides is 1. The highest BCUT2D eigenvalue weighted by atomic mass is 32.2. The van der Waals surface area contributed by atoms with E-state index in [9.17, 15) is 13.2 Å². The molecule has 2 atom stereocenters. The largest absolute Gasteiger partial charge is 0.337 e. The Hall–Kier alpha value is -1.93. The molecule has 2 aliphatic rings. The number of imidazole rings is 1. The lowest BCUT2D eigenvalue weighted by atomic mass is 10.1. The summed E-state index contributed by atoms with van der Waals surface area (Å²) in [5.41, 5.74) is 0.574. The van der Waals surface area contributed by atoms with Crippen LogP contribution in [-0.2, 0) is 14.8 Å². The second kappa shape index (κ2) is 5.04. The topological polar surface area (TPSA) is 75.0 Å². The average Bonchev–Trinajstić information content (AvgIpc) is 3.17. The van der Waals surface area contributed by atoms with Crippen LogP contribution in [0.4, 0.5) is 0 Å². The molecule has 0 aromatic carbocycles. The van der Waals surface area contributed by atoms with E-state index in [2.05, 4.69) is 4.98 Å². The molecule has 0 radical (unpaired) electrons. The maximum atomic E-state index is 13.1. The Morgan fingerprint density at radius 3 is 2.96 bits per heavy atom. The zero-order valence-corrected chi connectivity index (χ0v) is 13.6. The van der Waals surface area contributed by atoms with E-state index >= 15 is 0 Å². The quantitative estimate of drug-likeness (QED) is 0.811. The number of pyridine rings is 1. The van der Waals surface area contributed by atoms with Gasteiger partial charge in [-0.25, -0.2) is 13.4 Å². The maximum Gasteiger partial charge on any atom is 0.261 e. The van der Waals surface area contributed by atoms with Gasteiger partial charge >= 0.3 is 0 Å². The molecular formula is C15H18N4O3S. The molecule has 0 unspecified atom stereocenters. The zero-order chi connectivity index (χ0) is 16.2. The highest BCUT2D eigenvalue weighted by Crippen LogP contribution is 2.30. The van der Waals surface area contributed by atoms with Crippen LogP contribution in [0.1, 0.15) is 19.8 Å². The minimum Gasteiger partial charge on any atom is -0.337 e. The van der Waals surface area contributed by atoms with Gasteiger partial charge in [0, 0.05) is 25.3 Å². The summed E-state index contributed by atoms with van der Waals surface area (Å²) in [4.78, 5) is 18.5. The van der Waals surface area contributed by atoms with Crippen LogP contribution in [0.3, 0.4) is 0 Å². The molecule has 2 aromatic rings. The lowest BCUT2D eigenvalue weighted by Gasteiger charge is -2.40. The summed E-state index contributed by atoms with van der Waals surface area (Å²) in [7, 11) is -3.78. The number of hydrogen-bond donors (Lipinski definition) is 0. The van der Waals surface area contributed by atoms with Crippen LogP contribution in [0.2, 0.25) is 0 Å². The third-order valence-corrected chi connectivity index (χ3v) is 6.71. The van der Waals surface area contributed by atoms with Gasteiger partial charge in [0.25, 0.3) is 10.0 Å². The maximum absolute atomic E-state index is 13.1. The first-order valence-corrected chi connectivity index (χ1v) is 9.18. The highest BCUT2D eigenvalue weighted by Gasteiger charge is 2.45. The molecule has 7 nitrogen and oxygen atoms in total. The van der Waals surface area contributed by atoms with Crippen molar-refractivity contribution in [3.63, 3.8) is 0 Å². The normalized spacial score (nSPS) is 26.0. The molecule has 8 heteroatoms. The van der Waals surface area contributed by atoms with Crippen LogP contribution in [0.25, 0.3) is 5.65 Å². The Kier molecular flexibility index (Phi) is 3.21. The van der Waals surface area contributed by atoms with Crippen molar-refractivity contribution < 1.29 is 13.2 Å². The fourth-order valence-electron chi connectivity index (χ4n) is 3.57. The molecule has 122 valence electrons. The van der Waals surface area contributed by atoms with Crippen LogP contribution in [0.15, 0.2) is 35.6 Å². The summed E-state index contributed by atoms with van der Waals surface area (Å²) in [6.45, 7) is 2.75. The van der Waals surface area contributed by atoms with Gasteiger partial charge in [0.2, 0.25) is 5.91 Å². The summed E-state index contributed by atoms with van der Waals surface area (Å²) < 4.78 is 29.1. The van der Waals surface area contributed by atoms with Gasteiger partial charge in [-0.3, -0.25) is 9.20 Å². The lowest BCUT2D eigenvalue weighted by molar-refractivity contribution is -0.139. The second-order valence-electron chi connectivity index (χ2n) is 6.10. The molecule has 0 aliphatic carbocycles. The van der Waals surface area contributed by atoms with Crippen LogP contribution in [0, 0.1) is 0 Å². The molecule has 0 N–H and O–H groups in total. The minimum atomic E-state index is -3.78. The molecule has 2 fully saturated rings. The van der Waals surface area contributed by atoms with Gasteiger partial charge in [0.05, 0.1) is 6.20 Å². The number of fused-ring (bicyclic) bond motifs is 2. The lowest BCUT2D eigenvalue weighted by Crippen LogP contribution is -2.60. The van der Waals surface area contributed by atoms with Crippen molar-refractivity contribution in [2.24, 2.45) is 0 Å². The summed E-state index contributed by atoms with van der Waals surface area (Å²) >= 11 is 0. The van der Waals surface area contributed by atoms with Crippen molar-refractivity contribution in [1.29, 1.82) is 0 Å². The Labute approximate surface area is 134 Å². The Morgan fingerprint density at radius 2 is 2.13 bits per heavy atom. The molecule has 1 amide bonds. The van der Waals surface area contributed by atoms with Crippen molar-refractivity contribution in [3.8, 4) is 0 Å². The molecule has 23 heavy (non-hydrogen) atoms. The van der Waals surface area contributed by atoms with E-state index in [0.29, 0.717) is 12.2 Å². The van der Waals surface area contributed by atoms with Crippen LogP contribution >= 0.6 is 0 Å². The van der Waals surface area contributed by atoms with Gasteiger partial charge in [-0.15, -0.1) is 0 Å². The fourth-order valence-corrected chi connectivity index (χ4v) is 5.28. The van der Waals surface area contributed by atoms with Gasteiger partial charge in [0.15, 0.2) is 5.03 Å². The van der Waals surface area contributed by atoms with Gasteiger partial charge in [-0.1, -0.05) is 6.07 Å². The number of aromatic nitrogens is 2. The number of carbonyl (C=O) groups is 1. The van der Waals surface area contributed by atoms with Crippen LogP contribution in [-0.4, -0.2) is 58.1 Å². The highest BCUT2D eigenvalue weighted by molar-refractivity contribution is 7.89. The van der Waals surface area contributed by atoms with Crippen molar-refractivity contribution >= 4 is 21.6 Å². The molecule has 2 aliphatic heterocycles. The molecule has 0 spiro atoms. The number of carbonyl (C=O) groups excluding carboxylic acids is 1. The monoisotopic (exact) mass is 334 g/mol. The van der Waals surface area contributed by atoms with Gasteiger partial charge < -0.3 is 4.90 Å². The standard InChI is InChI=1S/C15H18N4O3S/c1-11-15(20)17-8-4-5-12(17)10-19(11)23(21,22)14-9-16-13-6-2-3-7-18(13)14/h2-3,6-7,9,11-12H,4-5,8,10H2,1H3/t11-,12-/m1/s1. The number of piperazine rings is 1. The first-order chi connectivity index (χ1) is 11.0. The molecule has 0 bridgehead atoms. The first kappa shape index (κ1) is 14.6. The van der Waals surface area contributed by atoms with Gasteiger partial charge in [0.1, 0.15) is 11.7 Å². The van der Waals surface area contributed by atoms with E-state index in [1.165, 1.54) is 10.5 Å². The Morgan fingerprint density at radius 1 is 1.30 bits per heavy atom. The molecule has 4 rings (SSSR count). The molecular weight excluding hydrogens is 316 g/mol. The van der Waals surface area contributed by atoms with Crippen molar-refractivity contribution in [3.05, 3.63) is 30.6 Å². The molecule has 0 saturated carbocycles. The number of rotatable bonds is 2. The summed E-state index contributed by atoms with van der Waals surface area (Å²) in [6, 6.07) is 4.64. The van der Waals surface area contributed by atoms with E-state index in [-0.39, 0.29) is 17.0 Å². The fraction of sp³-hybridized carbons (Fsp3) is 0.467.